The number of esters is 1. The number of epoxide rings is 1. The lowest BCUT2D eigenvalue weighted by atomic mass is 9.98. The highest BCUT2D eigenvalue weighted by molar-refractivity contribution is 5.87. The van der Waals surface area contributed by atoms with Crippen molar-refractivity contribution in [2.24, 2.45) is 0 Å². The van der Waals surface area contributed by atoms with Gasteiger partial charge >= 0.3 is 5.97 Å². The number of fused-ring (bicyclic) bond motifs is 1. The Balaban J connectivity index is 1.64. The number of ether oxygens (including phenoxy) is 2. The van der Waals surface area contributed by atoms with E-state index in [0.29, 0.717) is 12.2 Å². The van der Waals surface area contributed by atoms with Crippen molar-refractivity contribution in [3.05, 3.63) is 11.6 Å². The minimum absolute atomic E-state index is 0.0692. The lowest BCUT2D eigenvalue weighted by Gasteiger charge is -2.19. The second-order valence-electron chi connectivity index (χ2n) is 5.79. The van der Waals surface area contributed by atoms with Gasteiger partial charge in [0.15, 0.2) is 0 Å². The summed E-state index contributed by atoms with van der Waals surface area (Å²) in [7, 11) is 0. The first kappa shape index (κ1) is 14.6. The normalized spacial score (nSPS) is 29.8. The fourth-order valence-corrected chi connectivity index (χ4v) is 2.69. The number of rotatable bonds is 7. The Morgan fingerprint density at radius 2 is 2.11 bits per heavy atom. The molecule has 2 aliphatic rings. The van der Waals surface area contributed by atoms with Gasteiger partial charge in [-0.25, -0.2) is 4.79 Å². The molecule has 3 atom stereocenters. The first-order valence-electron chi connectivity index (χ1n) is 7.74. The van der Waals surface area contributed by atoms with Crippen molar-refractivity contribution in [2.75, 3.05) is 0 Å². The van der Waals surface area contributed by atoms with Crippen molar-refractivity contribution < 1.29 is 14.3 Å². The maximum Gasteiger partial charge on any atom is 0.333 e. The van der Waals surface area contributed by atoms with Crippen LogP contribution in [0, 0.1) is 0 Å². The van der Waals surface area contributed by atoms with E-state index in [2.05, 4.69) is 6.92 Å². The fourth-order valence-electron chi connectivity index (χ4n) is 2.69. The molecule has 19 heavy (non-hydrogen) atoms. The molecule has 0 spiro atoms. The highest BCUT2D eigenvalue weighted by Gasteiger charge is 2.45. The molecule has 0 aromatic heterocycles. The molecular formula is C16H26O3. The second kappa shape index (κ2) is 7.09. The van der Waals surface area contributed by atoms with Crippen LogP contribution in [0.4, 0.5) is 0 Å². The van der Waals surface area contributed by atoms with Gasteiger partial charge in [-0.1, -0.05) is 32.3 Å². The third kappa shape index (κ3) is 4.64. The summed E-state index contributed by atoms with van der Waals surface area (Å²) >= 11 is 0. The molecule has 1 aliphatic carbocycles. The van der Waals surface area contributed by atoms with Crippen LogP contribution in [-0.2, 0) is 14.3 Å². The summed E-state index contributed by atoms with van der Waals surface area (Å²) in [6.07, 6.45) is 11.7. The lowest BCUT2D eigenvalue weighted by molar-refractivity contribution is -0.145. The Labute approximate surface area is 116 Å². The molecule has 1 saturated heterocycles. The van der Waals surface area contributed by atoms with E-state index in [1.54, 1.807) is 0 Å². The third-order valence-corrected chi connectivity index (χ3v) is 4.06. The molecule has 0 bridgehead atoms. The van der Waals surface area contributed by atoms with Gasteiger partial charge in [0.05, 0.1) is 12.2 Å². The Morgan fingerprint density at radius 1 is 1.26 bits per heavy atom. The number of allylic oxidation sites excluding steroid dienone is 1. The molecule has 2 fully saturated rings. The summed E-state index contributed by atoms with van der Waals surface area (Å²) < 4.78 is 11.0. The van der Waals surface area contributed by atoms with Gasteiger partial charge in [0, 0.05) is 12.0 Å². The van der Waals surface area contributed by atoms with Gasteiger partial charge in [0.25, 0.3) is 0 Å². The molecule has 3 nitrogen and oxygen atoms in total. The van der Waals surface area contributed by atoms with Gasteiger partial charge in [-0.05, 0) is 32.6 Å². The molecule has 0 N–H and O–H groups in total. The topological polar surface area (TPSA) is 38.8 Å². The van der Waals surface area contributed by atoms with Crippen molar-refractivity contribution >= 4 is 5.97 Å². The van der Waals surface area contributed by atoms with Crippen LogP contribution in [0.25, 0.3) is 0 Å². The highest BCUT2D eigenvalue weighted by Crippen LogP contribution is 2.37. The first-order valence-corrected chi connectivity index (χ1v) is 7.74. The third-order valence-electron chi connectivity index (χ3n) is 4.06. The van der Waals surface area contributed by atoms with E-state index < -0.39 is 0 Å². The number of carbonyl (C=O) groups excluding carboxylic acids is 1. The standard InChI is InChI=1S/C16H26O3/c1-3-4-5-6-7-8-12(2)16(17)18-13-9-10-14-15(11-13)19-14/h8,13-15H,3-7,9-11H2,1-2H3. The number of carbonyl (C=O) groups is 1. The van der Waals surface area contributed by atoms with E-state index in [1.165, 1.54) is 25.7 Å². The van der Waals surface area contributed by atoms with E-state index >= 15 is 0 Å². The van der Waals surface area contributed by atoms with Crippen LogP contribution in [0.1, 0.15) is 65.2 Å². The van der Waals surface area contributed by atoms with Crippen LogP contribution in [-0.4, -0.2) is 24.3 Å². The number of hydrogen-bond donors (Lipinski definition) is 0. The second-order valence-corrected chi connectivity index (χ2v) is 5.79. The van der Waals surface area contributed by atoms with E-state index in [9.17, 15) is 4.79 Å². The predicted octanol–water partition coefficient (Wildman–Crippen LogP) is 3.77. The zero-order valence-corrected chi connectivity index (χ0v) is 12.2. The van der Waals surface area contributed by atoms with E-state index in [1.807, 2.05) is 13.0 Å². The van der Waals surface area contributed by atoms with Crippen LogP contribution < -0.4 is 0 Å². The van der Waals surface area contributed by atoms with Gasteiger partial charge < -0.3 is 9.47 Å². The average Bonchev–Trinajstić information content (AvgIpc) is 3.16. The largest absolute Gasteiger partial charge is 0.459 e. The number of hydrogen-bond acceptors (Lipinski definition) is 3. The minimum atomic E-state index is -0.139. The Kier molecular flexibility index (Phi) is 5.44. The SMILES string of the molecule is CCCCCCC=C(C)C(=O)OC1CCC2OC2C1. The highest BCUT2D eigenvalue weighted by atomic mass is 16.6. The molecule has 0 aromatic carbocycles. The first-order chi connectivity index (χ1) is 9.20. The summed E-state index contributed by atoms with van der Waals surface area (Å²) in [5, 5.41) is 0. The number of unbranched alkanes of at least 4 members (excludes halogenated alkanes) is 4. The minimum Gasteiger partial charge on any atom is -0.459 e. The fraction of sp³-hybridized carbons (Fsp3) is 0.812. The van der Waals surface area contributed by atoms with Crippen molar-refractivity contribution in [1.29, 1.82) is 0 Å². The van der Waals surface area contributed by atoms with Gasteiger partial charge in [0.2, 0.25) is 0 Å². The molecule has 0 radical (unpaired) electrons. The van der Waals surface area contributed by atoms with E-state index in [-0.39, 0.29) is 12.1 Å². The van der Waals surface area contributed by atoms with Gasteiger partial charge in [-0.3, -0.25) is 0 Å². The van der Waals surface area contributed by atoms with Crippen LogP contribution in [0.2, 0.25) is 0 Å². The molecule has 0 aromatic rings. The maximum atomic E-state index is 11.9. The van der Waals surface area contributed by atoms with Gasteiger partial charge in [0.1, 0.15) is 6.10 Å². The Bertz CT molecular complexity index is 335. The van der Waals surface area contributed by atoms with Crippen LogP contribution >= 0.6 is 0 Å². The van der Waals surface area contributed by atoms with Crippen LogP contribution in [0.3, 0.4) is 0 Å². The average molecular weight is 266 g/mol. The van der Waals surface area contributed by atoms with Crippen molar-refractivity contribution in [2.45, 2.75) is 83.5 Å². The molecule has 1 saturated carbocycles. The summed E-state index contributed by atoms with van der Waals surface area (Å²) in [5.41, 5.74) is 0.760. The van der Waals surface area contributed by atoms with Crippen molar-refractivity contribution in [1.82, 2.24) is 0 Å². The van der Waals surface area contributed by atoms with E-state index in [0.717, 1.165) is 31.3 Å². The molecule has 2 rings (SSSR count). The summed E-state index contributed by atoms with van der Waals surface area (Å²) in [5.74, 6) is -0.139. The maximum absolute atomic E-state index is 11.9. The molecule has 1 aliphatic heterocycles. The Hall–Kier alpha value is -0.830. The zero-order chi connectivity index (χ0) is 13.7. The van der Waals surface area contributed by atoms with Gasteiger partial charge in [-0.2, -0.15) is 0 Å². The quantitative estimate of drug-likeness (QED) is 0.305. The summed E-state index contributed by atoms with van der Waals surface area (Å²) in [6, 6.07) is 0. The summed E-state index contributed by atoms with van der Waals surface area (Å²) in [4.78, 5) is 11.9. The molecule has 3 heteroatoms. The van der Waals surface area contributed by atoms with Gasteiger partial charge in [-0.15, -0.1) is 0 Å². The molecule has 1 heterocycles. The lowest BCUT2D eigenvalue weighted by Crippen LogP contribution is -2.25. The van der Waals surface area contributed by atoms with Crippen LogP contribution in [0.15, 0.2) is 11.6 Å². The monoisotopic (exact) mass is 266 g/mol. The van der Waals surface area contributed by atoms with E-state index in [4.69, 9.17) is 9.47 Å². The summed E-state index contributed by atoms with van der Waals surface area (Å²) in [6.45, 7) is 4.07. The molecule has 108 valence electrons. The molecule has 0 amide bonds. The predicted molar refractivity (Wildman–Crippen MR) is 74.9 cm³/mol. The Morgan fingerprint density at radius 3 is 2.84 bits per heavy atom. The molecular weight excluding hydrogens is 240 g/mol. The van der Waals surface area contributed by atoms with Crippen LogP contribution in [0.5, 0.6) is 0 Å². The molecule has 3 unspecified atom stereocenters. The smallest absolute Gasteiger partial charge is 0.333 e. The van der Waals surface area contributed by atoms with Crippen molar-refractivity contribution in [3.63, 3.8) is 0 Å². The zero-order valence-electron chi connectivity index (χ0n) is 12.2. The van der Waals surface area contributed by atoms with Crippen molar-refractivity contribution in [3.8, 4) is 0 Å².